The van der Waals surface area contributed by atoms with Crippen molar-refractivity contribution in [3.8, 4) is 11.1 Å². The van der Waals surface area contributed by atoms with Crippen LogP contribution < -0.4 is 5.32 Å². The van der Waals surface area contributed by atoms with Gasteiger partial charge in [-0.2, -0.15) is 0 Å². The van der Waals surface area contributed by atoms with Gasteiger partial charge in [-0.25, -0.2) is 4.39 Å². The topological polar surface area (TPSA) is 45.2 Å². The standard InChI is InChI=1S/C31H33ClFN3OS/c1-4-20-6-7-22(21-13-15-35-16-14-21)17-23(20)18-36(25-10-8-24(34-3)9-11-25)31(37)30-28(32)27-19(2)5-12-26(33)29(27)38-30/h5-7,12-17,24-25,34H,4,8-11,18H2,1-3H3. The SMILES string of the molecule is CCc1ccc(-c2ccncc2)cc1CN(C(=O)c1sc2c(F)ccc(C)c2c1Cl)C1CCC(NC)CC1. The number of fused-ring (bicyclic) bond motifs is 1. The Bertz CT molecular complexity index is 1450. The number of halogens is 2. The van der Waals surface area contributed by atoms with Crippen LogP contribution in [0, 0.1) is 12.7 Å². The van der Waals surface area contributed by atoms with Crippen LogP contribution in [0.1, 0.15) is 59.0 Å². The number of rotatable bonds is 7. The molecule has 0 aliphatic heterocycles. The van der Waals surface area contributed by atoms with Gasteiger partial charge in [0, 0.05) is 36.4 Å². The van der Waals surface area contributed by atoms with Gasteiger partial charge in [0.15, 0.2) is 0 Å². The van der Waals surface area contributed by atoms with Gasteiger partial charge in [0.2, 0.25) is 0 Å². The molecule has 0 unspecified atom stereocenters. The highest BCUT2D eigenvalue weighted by molar-refractivity contribution is 7.21. The van der Waals surface area contributed by atoms with Crippen molar-refractivity contribution in [2.24, 2.45) is 0 Å². The Morgan fingerprint density at radius 1 is 1.08 bits per heavy atom. The Labute approximate surface area is 232 Å². The molecule has 0 bridgehead atoms. The van der Waals surface area contributed by atoms with E-state index in [4.69, 9.17) is 11.6 Å². The number of pyridine rings is 1. The number of nitrogens with zero attached hydrogens (tertiary/aromatic N) is 2. The summed E-state index contributed by atoms with van der Waals surface area (Å²) in [6.07, 6.45) is 8.31. The smallest absolute Gasteiger partial charge is 0.266 e. The minimum Gasteiger partial charge on any atom is -0.331 e. The van der Waals surface area contributed by atoms with Crippen LogP contribution in [0.25, 0.3) is 21.2 Å². The highest BCUT2D eigenvalue weighted by Crippen LogP contribution is 2.40. The monoisotopic (exact) mass is 549 g/mol. The molecule has 4 aromatic rings. The van der Waals surface area contributed by atoms with Crippen LogP contribution in [0.5, 0.6) is 0 Å². The summed E-state index contributed by atoms with van der Waals surface area (Å²) in [7, 11) is 2.00. The van der Waals surface area contributed by atoms with Crippen molar-refractivity contribution < 1.29 is 9.18 Å². The molecule has 1 N–H and O–H groups in total. The molecule has 0 radical (unpaired) electrons. The molecular weight excluding hydrogens is 517 g/mol. The molecule has 2 aromatic carbocycles. The van der Waals surface area contributed by atoms with Crippen molar-refractivity contribution in [1.29, 1.82) is 0 Å². The van der Waals surface area contributed by atoms with E-state index in [-0.39, 0.29) is 17.8 Å². The molecule has 198 valence electrons. The van der Waals surface area contributed by atoms with E-state index in [0.717, 1.165) is 54.4 Å². The number of carbonyl (C=O) groups excluding carboxylic acids is 1. The van der Waals surface area contributed by atoms with E-state index >= 15 is 0 Å². The minimum atomic E-state index is -0.337. The summed E-state index contributed by atoms with van der Waals surface area (Å²) in [6.45, 7) is 4.54. The number of hydrogen-bond donors (Lipinski definition) is 1. The van der Waals surface area contributed by atoms with Gasteiger partial charge in [-0.1, -0.05) is 36.7 Å². The Kier molecular flexibility index (Phi) is 8.12. The molecular formula is C31H33ClFN3OS. The molecule has 1 amide bonds. The fraction of sp³-hybridized carbons (Fsp3) is 0.355. The van der Waals surface area contributed by atoms with Crippen LogP contribution in [0.3, 0.4) is 0 Å². The fourth-order valence-corrected chi connectivity index (χ4v) is 7.25. The third-order valence-electron chi connectivity index (χ3n) is 7.88. The lowest BCUT2D eigenvalue weighted by Gasteiger charge is -2.37. The van der Waals surface area contributed by atoms with Crippen LogP contribution in [0.15, 0.2) is 54.9 Å². The van der Waals surface area contributed by atoms with E-state index in [0.29, 0.717) is 32.6 Å². The molecule has 1 aliphatic rings. The van der Waals surface area contributed by atoms with Gasteiger partial charge in [0.1, 0.15) is 10.7 Å². The average molecular weight is 550 g/mol. The Morgan fingerprint density at radius 3 is 2.47 bits per heavy atom. The lowest BCUT2D eigenvalue weighted by atomic mass is 9.89. The van der Waals surface area contributed by atoms with Crippen molar-refractivity contribution in [2.75, 3.05) is 7.05 Å². The van der Waals surface area contributed by atoms with Crippen LogP contribution in [-0.2, 0) is 13.0 Å². The first-order valence-corrected chi connectivity index (χ1v) is 14.5. The van der Waals surface area contributed by atoms with Gasteiger partial charge in [-0.15, -0.1) is 11.3 Å². The number of thiophene rings is 1. The second kappa shape index (κ2) is 11.5. The molecule has 0 spiro atoms. The third kappa shape index (κ3) is 5.22. The molecule has 4 nitrogen and oxygen atoms in total. The largest absolute Gasteiger partial charge is 0.331 e. The first-order chi connectivity index (χ1) is 18.4. The molecule has 1 aliphatic carbocycles. The predicted octanol–water partition coefficient (Wildman–Crippen LogP) is 7.80. The van der Waals surface area contributed by atoms with E-state index in [1.54, 1.807) is 18.5 Å². The second-order valence-corrected chi connectivity index (χ2v) is 11.5. The zero-order valence-corrected chi connectivity index (χ0v) is 23.6. The molecule has 1 fully saturated rings. The molecule has 5 rings (SSSR count). The lowest BCUT2D eigenvalue weighted by molar-refractivity contribution is 0.0606. The number of carbonyl (C=O) groups is 1. The summed E-state index contributed by atoms with van der Waals surface area (Å²) in [5.41, 5.74) is 5.42. The zero-order chi connectivity index (χ0) is 26.8. The maximum absolute atomic E-state index is 14.7. The van der Waals surface area contributed by atoms with Gasteiger partial charge < -0.3 is 10.2 Å². The highest BCUT2D eigenvalue weighted by atomic mass is 35.5. The minimum absolute atomic E-state index is 0.0913. The number of nitrogens with one attached hydrogen (secondary N) is 1. The van der Waals surface area contributed by atoms with Crippen molar-refractivity contribution >= 4 is 38.9 Å². The van der Waals surface area contributed by atoms with Crippen LogP contribution in [-0.4, -0.2) is 34.9 Å². The van der Waals surface area contributed by atoms with Gasteiger partial charge in [-0.05, 0) is 98.2 Å². The summed E-state index contributed by atoms with van der Waals surface area (Å²) in [6, 6.07) is 14.2. The first-order valence-electron chi connectivity index (χ1n) is 13.3. The van der Waals surface area contributed by atoms with Gasteiger partial charge in [-0.3, -0.25) is 9.78 Å². The number of benzene rings is 2. The first kappa shape index (κ1) is 26.8. The third-order valence-corrected chi connectivity index (χ3v) is 9.56. The normalized spacial score (nSPS) is 17.6. The summed E-state index contributed by atoms with van der Waals surface area (Å²) >= 11 is 7.98. The molecule has 2 heterocycles. The van der Waals surface area contributed by atoms with Crippen LogP contribution >= 0.6 is 22.9 Å². The molecule has 38 heavy (non-hydrogen) atoms. The van der Waals surface area contributed by atoms with Crippen molar-refractivity contribution in [2.45, 2.75) is 64.6 Å². The number of aromatic nitrogens is 1. The zero-order valence-electron chi connectivity index (χ0n) is 22.1. The van der Waals surface area contributed by atoms with Crippen molar-refractivity contribution in [3.05, 3.63) is 87.3 Å². The van der Waals surface area contributed by atoms with Crippen LogP contribution in [0.4, 0.5) is 4.39 Å². The number of hydrogen-bond acceptors (Lipinski definition) is 4. The quantitative estimate of drug-likeness (QED) is 0.256. The van der Waals surface area contributed by atoms with Crippen molar-refractivity contribution in [1.82, 2.24) is 15.2 Å². The van der Waals surface area contributed by atoms with E-state index in [2.05, 4.69) is 35.4 Å². The Balaban J connectivity index is 1.56. The summed E-state index contributed by atoms with van der Waals surface area (Å²) < 4.78 is 15.2. The second-order valence-electron chi connectivity index (χ2n) is 10.1. The number of amides is 1. The van der Waals surface area contributed by atoms with E-state index < -0.39 is 0 Å². The molecule has 7 heteroatoms. The summed E-state index contributed by atoms with van der Waals surface area (Å²) in [5, 5.41) is 4.40. The summed E-state index contributed by atoms with van der Waals surface area (Å²) in [4.78, 5) is 20.8. The molecule has 2 aromatic heterocycles. The molecule has 0 saturated heterocycles. The number of aryl methyl sites for hydroxylation is 2. The fourth-order valence-electron chi connectivity index (χ4n) is 5.62. The Hall–Kier alpha value is -2.80. The molecule has 1 saturated carbocycles. The highest BCUT2D eigenvalue weighted by Gasteiger charge is 2.32. The van der Waals surface area contributed by atoms with E-state index in [1.165, 1.54) is 23.0 Å². The van der Waals surface area contributed by atoms with Crippen molar-refractivity contribution in [3.63, 3.8) is 0 Å². The van der Waals surface area contributed by atoms with E-state index in [1.807, 2.05) is 31.0 Å². The van der Waals surface area contributed by atoms with E-state index in [9.17, 15) is 9.18 Å². The van der Waals surface area contributed by atoms with Gasteiger partial charge >= 0.3 is 0 Å². The lowest BCUT2D eigenvalue weighted by Crippen LogP contribution is -2.44. The summed E-state index contributed by atoms with van der Waals surface area (Å²) in [5.74, 6) is -0.449. The maximum Gasteiger partial charge on any atom is 0.266 e. The Morgan fingerprint density at radius 2 is 1.82 bits per heavy atom. The maximum atomic E-state index is 14.7. The van der Waals surface area contributed by atoms with Gasteiger partial charge in [0.25, 0.3) is 5.91 Å². The van der Waals surface area contributed by atoms with Gasteiger partial charge in [0.05, 0.1) is 9.72 Å². The van der Waals surface area contributed by atoms with Crippen LogP contribution in [0.2, 0.25) is 5.02 Å². The predicted molar refractivity (Wildman–Crippen MR) is 156 cm³/mol. The average Bonchev–Trinajstić information content (AvgIpc) is 3.32. The molecule has 0 atom stereocenters.